The Balaban J connectivity index is 1.68. The van der Waals surface area contributed by atoms with Gasteiger partial charge < -0.3 is 4.74 Å². The van der Waals surface area contributed by atoms with Crippen LogP contribution in [0.1, 0.15) is 65.2 Å². The van der Waals surface area contributed by atoms with E-state index < -0.39 is 0 Å². The normalized spacial score (nSPS) is 48.8. The molecule has 25 heavy (non-hydrogen) atoms. The minimum absolute atomic E-state index is 0.0887. The maximum atomic E-state index is 11.9. The molecule has 0 aromatic heterocycles. The van der Waals surface area contributed by atoms with Crippen molar-refractivity contribution in [3.05, 3.63) is 11.6 Å². The number of nitrogens with zero attached hydrogens (tertiary/aromatic N) is 1. The van der Waals surface area contributed by atoms with Crippen molar-refractivity contribution in [1.82, 2.24) is 0 Å². The standard InChI is InChI=1S/C21H29NO2S/c1-19-9-6-15(23)12-14(19)4-5-16-17(19)7-10-20(2)18(16)8-11-21(20,24-3)25-13-22/h12,16-18H,4-11H2,1-3H3/t16-,17-,18-,19+,20+,21?/m1/s1. The van der Waals surface area contributed by atoms with Crippen LogP contribution < -0.4 is 0 Å². The van der Waals surface area contributed by atoms with Crippen LogP contribution in [-0.2, 0) is 9.53 Å². The van der Waals surface area contributed by atoms with Crippen LogP contribution in [0.3, 0.4) is 0 Å². The molecule has 3 saturated carbocycles. The fourth-order valence-electron chi connectivity index (χ4n) is 7.13. The van der Waals surface area contributed by atoms with Gasteiger partial charge in [-0.2, -0.15) is 5.26 Å². The predicted octanol–water partition coefficient (Wildman–Crippen LogP) is 5.08. The van der Waals surface area contributed by atoms with Crippen LogP contribution in [0.2, 0.25) is 0 Å². The highest BCUT2D eigenvalue weighted by molar-refractivity contribution is 8.04. The lowest BCUT2D eigenvalue weighted by Crippen LogP contribution is -2.54. The van der Waals surface area contributed by atoms with Crippen molar-refractivity contribution in [1.29, 1.82) is 5.26 Å². The van der Waals surface area contributed by atoms with E-state index in [0.29, 0.717) is 23.5 Å². The Labute approximate surface area is 155 Å². The average molecular weight is 360 g/mol. The molecule has 4 heteroatoms. The van der Waals surface area contributed by atoms with Gasteiger partial charge in [0, 0.05) is 18.9 Å². The van der Waals surface area contributed by atoms with E-state index >= 15 is 0 Å². The number of fused-ring (bicyclic) bond motifs is 5. The first kappa shape index (κ1) is 17.6. The van der Waals surface area contributed by atoms with Crippen molar-refractivity contribution >= 4 is 17.5 Å². The molecule has 1 unspecified atom stereocenters. The van der Waals surface area contributed by atoms with Gasteiger partial charge in [0.2, 0.25) is 0 Å². The van der Waals surface area contributed by atoms with E-state index in [4.69, 9.17) is 4.74 Å². The van der Waals surface area contributed by atoms with Crippen molar-refractivity contribution in [2.24, 2.45) is 28.6 Å². The molecule has 0 radical (unpaired) electrons. The van der Waals surface area contributed by atoms with E-state index in [9.17, 15) is 10.1 Å². The van der Waals surface area contributed by atoms with Crippen LogP contribution in [0.5, 0.6) is 0 Å². The van der Waals surface area contributed by atoms with Crippen LogP contribution in [-0.4, -0.2) is 17.8 Å². The fraction of sp³-hybridized carbons (Fsp3) is 0.810. The lowest BCUT2D eigenvalue weighted by molar-refractivity contribution is -0.119. The smallest absolute Gasteiger partial charge is 0.155 e. The topological polar surface area (TPSA) is 50.1 Å². The largest absolute Gasteiger partial charge is 0.366 e. The monoisotopic (exact) mass is 359 g/mol. The SMILES string of the molecule is COC1(SC#N)CC[C@@H]2[C@@H]3CCC4=CC(=O)CC[C@]4(C)[C@@H]3CC[C@@]21C. The van der Waals surface area contributed by atoms with Crippen molar-refractivity contribution < 1.29 is 9.53 Å². The van der Waals surface area contributed by atoms with Gasteiger partial charge in [-0.1, -0.05) is 19.4 Å². The van der Waals surface area contributed by atoms with E-state index in [1.165, 1.54) is 36.6 Å². The quantitative estimate of drug-likeness (QED) is 0.510. The number of ketones is 1. The zero-order valence-electron chi connectivity index (χ0n) is 15.6. The molecule has 0 heterocycles. The average Bonchev–Trinajstić information content (AvgIpc) is 2.89. The number of methoxy groups -OCH3 is 1. The number of ether oxygens (including phenoxy) is 1. The van der Waals surface area contributed by atoms with Gasteiger partial charge in [-0.15, -0.1) is 0 Å². The van der Waals surface area contributed by atoms with Crippen molar-refractivity contribution in [3.8, 4) is 5.40 Å². The van der Waals surface area contributed by atoms with Crippen LogP contribution in [0, 0.1) is 39.2 Å². The summed E-state index contributed by atoms with van der Waals surface area (Å²) in [4.78, 5) is 11.6. The summed E-state index contributed by atoms with van der Waals surface area (Å²) >= 11 is 1.36. The summed E-state index contributed by atoms with van der Waals surface area (Å²) in [5, 5.41) is 11.7. The summed E-state index contributed by atoms with van der Waals surface area (Å²) in [5.74, 6) is 2.38. The minimum atomic E-state index is -0.336. The van der Waals surface area contributed by atoms with Gasteiger partial charge in [-0.05, 0) is 86.0 Å². The van der Waals surface area contributed by atoms with E-state index in [2.05, 4.69) is 19.2 Å². The van der Waals surface area contributed by atoms with E-state index in [1.807, 2.05) is 6.08 Å². The van der Waals surface area contributed by atoms with Crippen molar-refractivity contribution in [2.45, 2.75) is 70.1 Å². The Morgan fingerprint density at radius 3 is 2.64 bits per heavy atom. The maximum Gasteiger partial charge on any atom is 0.155 e. The Hall–Kier alpha value is -0.790. The third-order valence-corrected chi connectivity index (χ3v) is 9.80. The zero-order chi connectivity index (χ0) is 17.9. The summed E-state index contributed by atoms with van der Waals surface area (Å²) in [5.41, 5.74) is 1.74. The molecule has 3 fully saturated rings. The highest BCUT2D eigenvalue weighted by Crippen LogP contribution is 2.70. The second kappa shape index (κ2) is 5.86. The third-order valence-electron chi connectivity index (χ3n) is 8.55. The van der Waals surface area contributed by atoms with Gasteiger partial charge >= 0.3 is 0 Å². The van der Waals surface area contributed by atoms with Gasteiger partial charge in [0.25, 0.3) is 0 Å². The number of nitriles is 1. The second-order valence-corrected chi connectivity index (χ2v) is 10.2. The lowest BCUT2D eigenvalue weighted by Gasteiger charge is -2.59. The molecule has 0 aromatic carbocycles. The summed E-state index contributed by atoms with van der Waals surface area (Å²) in [6.45, 7) is 4.81. The molecule has 0 saturated heterocycles. The first-order valence-corrected chi connectivity index (χ1v) is 10.6. The molecule has 0 N–H and O–H groups in total. The van der Waals surface area contributed by atoms with Gasteiger partial charge in [0.05, 0.1) is 0 Å². The first-order valence-electron chi connectivity index (χ1n) is 9.76. The van der Waals surface area contributed by atoms with Crippen molar-refractivity contribution in [3.63, 3.8) is 0 Å². The molecule has 0 aromatic rings. The lowest BCUT2D eigenvalue weighted by atomic mass is 9.47. The Kier molecular flexibility index (Phi) is 4.13. The predicted molar refractivity (Wildman–Crippen MR) is 99.7 cm³/mol. The summed E-state index contributed by atoms with van der Waals surface area (Å²) in [6, 6.07) is 0. The molecular weight excluding hydrogens is 330 g/mol. The molecule has 0 bridgehead atoms. The van der Waals surface area contributed by atoms with Gasteiger partial charge in [0.15, 0.2) is 5.78 Å². The third kappa shape index (κ3) is 2.24. The molecular formula is C21H29NO2S. The molecule has 4 rings (SSSR count). The number of hydrogen-bond donors (Lipinski definition) is 0. The highest BCUT2D eigenvalue weighted by atomic mass is 32.2. The first-order chi connectivity index (χ1) is 11.9. The summed E-state index contributed by atoms with van der Waals surface area (Å²) in [7, 11) is 1.79. The highest BCUT2D eigenvalue weighted by Gasteiger charge is 2.65. The van der Waals surface area contributed by atoms with Crippen LogP contribution >= 0.6 is 11.8 Å². The van der Waals surface area contributed by atoms with Gasteiger partial charge in [0.1, 0.15) is 10.3 Å². The van der Waals surface area contributed by atoms with E-state index in [-0.39, 0.29) is 15.8 Å². The molecule has 0 spiro atoms. The number of allylic oxidation sites excluding steroid dienone is 1. The molecule has 6 atom stereocenters. The van der Waals surface area contributed by atoms with Gasteiger partial charge in [-0.25, -0.2) is 0 Å². The number of carbonyl (C=O) groups excluding carboxylic acids is 1. The van der Waals surface area contributed by atoms with Crippen LogP contribution in [0.15, 0.2) is 11.6 Å². The zero-order valence-corrected chi connectivity index (χ0v) is 16.5. The number of rotatable bonds is 2. The Bertz CT molecular complexity index is 667. The Morgan fingerprint density at radius 2 is 1.92 bits per heavy atom. The molecule has 4 aliphatic carbocycles. The molecule has 3 nitrogen and oxygen atoms in total. The van der Waals surface area contributed by atoms with Gasteiger partial charge in [-0.3, -0.25) is 4.79 Å². The second-order valence-electron chi connectivity index (χ2n) is 9.11. The molecule has 0 aliphatic heterocycles. The van der Waals surface area contributed by atoms with Crippen LogP contribution in [0.25, 0.3) is 0 Å². The number of hydrogen-bond acceptors (Lipinski definition) is 4. The Morgan fingerprint density at radius 1 is 1.16 bits per heavy atom. The molecule has 4 aliphatic rings. The van der Waals surface area contributed by atoms with E-state index in [1.54, 1.807) is 7.11 Å². The van der Waals surface area contributed by atoms with E-state index in [0.717, 1.165) is 32.1 Å². The summed E-state index contributed by atoms with van der Waals surface area (Å²) < 4.78 is 6.02. The number of thioether (sulfide) groups is 1. The number of thiocyanates is 1. The molecule has 136 valence electrons. The summed E-state index contributed by atoms with van der Waals surface area (Å²) in [6.07, 6.45) is 10.5. The molecule has 0 amide bonds. The maximum absolute atomic E-state index is 11.9. The number of carbonyl (C=O) groups is 1. The minimum Gasteiger partial charge on any atom is -0.366 e. The van der Waals surface area contributed by atoms with Crippen molar-refractivity contribution in [2.75, 3.05) is 7.11 Å². The van der Waals surface area contributed by atoms with Crippen LogP contribution in [0.4, 0.5) is 0 Å². The fourth-order valence-corrected chi connectivity index (χ4v) is 8.07.